The smallest absolute Gasteiger partial charge is 0.206 e. The van der Waals surface area contributed by atoms with Crippen LogP contribution in [-0.4, -0.2) is 15.8 Å². The standard InChI is InChI=1S/C15H11FN4OS/c16-10-1-3-11(4-2-10)19-15-20-14(17)13(22-15)12(21)9-5-7-18-8-6-9/h1-8H,17H2,(H,19,20). The van der Waals surface area contributed by atoms with Crippen LogP contribution in [0.25, 0.3) is 0 Å². The van der Waals surface area contributed by atoms with Gasteiger partial charge in [-0.2, -0.15) is 0 Å². The summed E-state index contributed by atoms with van der Waals surface area (Å²) in [5, 5.41) is 3.47. The van der Waals surface area contributed by atoms with Gasteiger partial charge in [-0.25, -0.2) is 9.37 Å². The molecule has 3 N–H and O–H groups in total. The average Bonchev–Trinajstić information content (AvgIpc) is 2.90. The molecule has 0 aliphatic rings. The molecule has 0 saturated carbocycles. The number of benzene rings is 1. The number of nitrogen functional groups attached to an aromatic ring is 1. The molecule has 0 unspecified atom stereocenters. The molecular formula is C15H11FN4OS. The maximum atomic E-state index is 12.9. The molecule has 0 atom stereocenters. The van der Waals surface area contributed by atoms with E-state index in [4.69, 9.17) is 5.73 Å². The third-order valence-electron chi connectivity index (χ3n) is 2.90. The van der Waals surface area contributed by atoms with Crippen LogP contribution in [0.3, 0.4) is 0 Å². The van der Waals surface area contributed by atoms with Gasteiger partial charge < -0.3 is 11.1 Å². The van der Waals surface area contributed by atoms with Crippen molar-refractivity contribution >= 4 is 33.8 Å². The molecule has 3 aromatic rings. The molecule has 22 heavy (non-hydrogen) atoms. The van der Waals surface area contributed by atoms with Gasteiger partial charge in [0.2, 0.25) is 5.78 Å². The minimum Gasteiger partial charge on any atom is -0.382 e. The maximum Gasteiger partial charge on any atom is 0.206 e. The van der Waals surface area contributed by atoms with Gasteiger partial charge in [0.05, 0.1) is 0 Å². The maximum absolute atomic E-state index is 12.9. The van der Waals surface area contributed by atoms with Gasteiger partial charge >= 0.3 is 0 Å². The Morgan fingerprint density at radius 1 is 1.14 bits per heavy atom. The number of anilines is 3. The summed E-state index contributed by atoms with van der Waals surface area (Å²) in [5.74, 6) is -0.362. The van der Waals surface area contributed by atoms with Crippen LogP contribution in [0, 0.1) is 5.82 Å². The number of pyridine rings is 1. The molecule has 0 aliphatic carbocycles. The van der Waals surface area contributed by atoms with Gasteiger partial charge in [0.1, 0.15) is 16.5 Å². The van der Waals surface area contributed by atoms with Gasteiger partial charge in [-0.1, -0.05) is 11.3 Å². The molecule has 0 bridgehead atoms. The van der Waals surface area contributed by atoms with Crippen molar-refractivity contribution in [1.29, 1.82) is 0 Å². The number of thiazole rings is 1. The highest BCUT2D eigenvalue weighted by atomic mass is 32.1. The van der Waals surface area contributed by atoms with Crippen molar-refractivity contribution in [2.24, 2.45) is 0 Å². The quantitative estimate of drug-likeness (QED) is 0.723. The minimum atomic E-state index is -0.322. The fourth-order valence-corrected chi connectivity index (χ4v) is 2.71. The predicted octanol–water partition coefficient (Wildman–Crippen LogP) is 3.23. The van der Waals surface area contributed by atoms with E-state index in [2.05, 4.69) is 15.3 Å². The van der Waals surface area contributed by atoms with Gasteiger partial charge in [-0.15, -0.1) is 0 Å². The van der Waals surface area contributed by atoms with Crippen molar-refractivity contribution in [3.05, 3.63) is 65.0 Å². The number of hydrogen-bond donors (Lipinski definition) is 2. The van der Waals surface area contributed by atoms with E-state index in [1.165, 1.54) is 12.1 Å². The average molecular weight is 314 g/mol. The Labute approximate surface area is 129 Å². The Morgan fingerprint density at radius 3 is 2.50 bits per heavy atom. The van der Waals surface area contributed by atoms with E-state index in [9.17, 15) is 9.18 Å². The molecule has 7 heteroatoms. The van der Waals surface area contributed by atoms with E-state index in [0.29, 0.717) is 21.3 Å². The minimum absolute atomic E-state index is 0.163. The van der Waals surface area contributed by atoms with Gasteiger partial charge in [-0.3, -0.25) is 9.78 Å². The van der Waals surface area contributed by atoms with Gasteiger partial charge in [0.15, 0.2) is 5.13 Å². The zero-order valence-electron chi connectivity index (χ0n) is 11.3. The summed E-state index contributed by atoms with van der Waals surface area (Å²) in [6.07, 6.45) is 3.09. The number of nitrogens with zero attached hydrogens (tertiary/aromatic N) is 2. The van der Waals surface area contributed by atoms with Gasteiger partial charge in [0, 0.05) is 23.6 Å². The number of ketones is 1. The van der Waals surface area contributed by atoms with Crippen LogP contribution in [0.2, 0.25) is 0 Å². The summed E-state index contributed by atoms with van der Waals surface area (Å²) in [6, 6.07) is 9.07. The van der Waals surface area contributed by atoms with E-state index in [1.54, 1.807) is 36.7 Å². The Kier molecular flexibility index (Phi) is 3.80. The van der Waals surface area contributed by atoms with Crippen molar-refractivity contribution in [3.63, 3.8) is 0 Å². The highest BCUT2D eigenvalue weighted by Crippen LogP contribution is 2.29. The summed E-state index contributed by atoms with van der Waals surface area (Å²) in [5.41, 5.74) is 6.98. The molecule has 5 nitrogen and oxygen atoms in total. The van der Waals surface area contributed by atoms with Gasteiger partial charge in [0.25, 0.3) is 0 Å². The molecule has 1 aromatic carbocycles. The van der Waals surface area contributed by atoms with E-state index in [-0.39, 0.29) is 17.4 Å². The second-order valence-electron chi connectivity index (χ2n) is 4.43. The molecule has 0 radical (unpaired) electrons. The van der Waals surface area contributed by atoms with Crippen molar-refractivity contribution in [2.75, 3.05) is 11.1 Å². The molecule has 2 aromatic heterocycles. The number of carbonyl (C=O) groups is 1. The lowest BCUT2D eigenvalue weighted by atomic mass is 10.1. The lowest BCUT2D eigenvalue weighted by Gasteiger charge is -2.01. The Morgan fingerprint density at radius 2 is 1.82 bits per heavy atom. The summed E-state index contributed by atoms with van der Waals surface area (Å²) in [6.45, 7) is 0. The van der Waals surface area contributed by atoms with E-state index in [1.807, 2.05) is 0 Å². The van der Waals surface area contributed by atoms with E-state index in [0.717, 1.165) is 11.3 Å². The third-order valence-corrected chi connectivity index (χ3v) is 3.88. The van der Waals surface area contributed by atoms with Gasteiger partial charge in [-0.05, 0) is 36.4 Å². The SMILES string of the molecule is Nc1nc(Nc2ccc(F)cc2)sc1C(=O)c1ccncc1. The molecule has 0 fully saturated rings. The monoisotopic (exact) mass is 314 g/mol. The normalized spacial score (nSPS) is 10.4. The number of nitrogens with two attached hydrogens (primary N) is 1. The highest BCUT2D eigenvalue weighted by Gasteiger charge is 2.17. The number of hydrogen-bond acceptors (Lipinski definition) is 6. The number of aromatic nitrogens is 2. The fraction of sp³-hybridized carbons (Fsp3) is 0. The summed E-state index contributed by atoms with van der Waals surface area (Å²) >= 11 is 1.15. The van der Waals surface area contributed by atoms with Crippen LogP contribution < -0.4 is 11.1 Å². The van der Waals surface area contributed by atoms with Crippen LogP contribution in [0.4, 0.5) is 21.0 Å². The Bertz CT molecular complexity index is 802. The zero-order chi connectivity index (χ0) is 15.5. The third kappa shape index (κ3) is 2.94. The summed E-state index contributed by atoms with van der Waals surface area (Å²) < 4.78 is 12.9. The first kappa shape index (κ1) is 14.2. The number of carbonyl (C=O) groups excluding carboxylic acids is 1. The van der Waals surface area contributed by atoms with Crippen molar-refractivity contribution in [2.45, 2.75) is 0 Å². The molecule has 0 aliphatic heterocycles. The lowest BCUT2D eigenvalue weighted by Crippen LogP contribution is -2.02. The molecule has 2 heterocycles. The van der Waals surface area contributed by atoms with Crippen LogP contribution in [0.15, 0.2) is 48.8 Å². The predicted molar refractivity (Wildman–Crippen MR) is 83.9 cm³/mol. The first-order valence-corrected chi connectivity index (χ1v) is 7.19. The largest absolute Gasteiger partial charge is 0.382 e. The van der Waals surface area contributed by atoms with E-state index >= 15 is 0 Å². The summed E-state index contributed by atoms with van der Waals surface area (Å²) in [4.78, 5) is 20.7. The van der Waals surface area contributed by atoms with Crippen molar-refractivity contribution in [1.82, 2.24) is 9.97 Å². The lowest BCUT2D eigenvalue weighted by molar-refractivity contribution is 0.104. The summed E-state index contributed by atoms with van der Waals surface area (Å²) in [7, 11) is 0. The molecule has 110 valence electrons. The van der Waals surface area contributed by atoms with Crippen LogP contribution in [0.5, 0.6) is 0 Å². The topological polar surface area (TPSA) is 80.9 Å². The highest BCUT2D eigenvalue weighted by molar-refractivity contribution is 7.18. The van der Waals surface area contributed by atoms with Crippen molar-refractivity contribution in [3.8, 4) is 0 Å². The number of rotatable bonds is 4. The zero-order valence-corrected chi connectivity index (χ0v) is 12.1. The first-order chi connectivity index (χ1) is 10.6. The molecule has 3 rings (SSSR count). The van der Waals surface area contributed by atoms with Crippen LogP contribution in [0.1, 0.15) is 15.2 Å². The number of halogens is 1. The number of nitrogens with one attached hydrogen (secondary N) is 1. The molecular weight excluding hydrogens is 303 g/mol. The van der Waals surface area contributed by atoms with E-state index < -0.39 is 0 Å². The van der Waals surface area contributed by atoms with Crippen molar-refractivity contribution < 1.29 is 9.18 Å². The molecule has 0 spiro atoms. The second-order valence-corrected chi connectivity index (χ2v) is 5.43. The van der Waals surface area contributed by atoms with Crippen LogP contribution >= 0.6 is 11.3 Å². The fourth-order valence-electron chi connectivity index (χ4n) is 1.84. The second kappa shape index (κ2) is 5.90. The first-order valence-electron chi connectivity index (χ1n) is 6.37. The molecule has 0 amide bonds. The molecule has 0 saturated heterocycles. The Balaban J connectivity index is 1.85. The Hall–Kier alpha value is -2.80. The van der Waals surface area contributed by atoms with Crippen LogP contribution in [-0.2, 0) is 0 Å².